The Morgan fingerprint density at radius 2 is 1.78 bits per heavy atom. The fourth-order valence-corrected chi connectivity index (χ4v) is 4.62. The van der Waals surface area contributed by atoms with Gasteiger partial charge in [-0.2, -0.15) is 0 Å². The predicted octanol–water partition coefficient (Wildman–Crippen LogP) is 3.62. The molecule has 1 N–H and O–H groups in total. The highest BCUT2D eigenvalue weighted by atomic mass is 16.5. The van der Waals surface area contributed by atoms with Crippen molar-refractivity contribution < 1.29 is 9.53 Å². The molecule has 2 aliphatic rings. The number of nitrogens with one attached hydrogen (secondary N) is 1. The molecule has 0 unspecified atom stereocenters. The summed E-state index contributed by atoms with van der Waals surface area (Å²) in [4.78, 5) is 21.5. The summed E-state index contributed by atoms with van der Waals surface area (Å²) < 4.78 is 6.14. The first kappa shape index (κ1) is 20.9. The molecule has 6 heteroatoms. The van der Waals surface area contributed by atoms with Crippen molar-refractivity contribution in [2.24, 2.45) is 0 Å². The number of fused-ring (bicyclic) bond motifs is 2. The number of hydrogen-bond acceptors (Lipinski definition) is 5. The Balaban J connectivity index is 1.10. The summed E-state index contributed by atoms with van der Waals surface area (Å²) in [6, 6.07) is 16.7. The lowest BCUT2D eigenvalue weighted by Gasteiger charge is -2.34. The summed E-state index contributed by atoms with van der Waals surface area (Å²) in [5.41, 5.74) is 5.37. The highest BCUT2D eigenvalue weighted by Crippen LogP contribution is 2.34. The van der Waals surface area contributed by atoms with Crippen LogP contribution in [0.1, 0.15) is 23.2 Å². The van der Waals surface area contributed by atoms with E-state index in [1.165, 1.54) is 5.39 Å². The molecular formula is C26H30N4O2. The van der Waals surface area contributed by atoms with Gasteiger partial charge in [0.25, 0.3) is 0 Å². The maximum atomic E-state index is 11.7. The molecule has 0 spiro atoms. The number of carbonyl (C=O) groups excluding carboxylic acids is 1. The van der Waals surface area contributed by atoms with Crippen molar-refractivity contribution in [3.8, 4) is 5.75 Å². The lowest BCUT2D eigenvalue weighted by Crippen LogP contribution is -2.47. The summed E-state index contributed by atoms with van der Waals surface area (Å²) in [7, 11) is 0. The smallest absolute Gasteiger partial charge is 0.224 e. The number of nitrogens with zero attached hydrogens (tertiary/aromatic N) is 3. The van der Waals surface area contributed by atoms with Gasteiger partial charge in [-0.15, -0.1) is 0 Å². The van der Waals surface area contributed by atoms with Crippen LogP contribution in [-0.2, 0) is 17.8 Å². The molecule has 3 heterocycles. The molecule has 6 nitrogen and oxygen atoms in total. The molecule has 5 rings (SSSR count). The minimum absolute atomic E-state index is 0.0921. The number of rotatable bonds is 6. The van der Waals surface area contributed by atoms with E-state index in [0.29, 0.717) is 13.0 Å². The zero-order valence-electron chi connectivity index (χ0n) is 18.6. The maximum absolute atomic E-state index is 11.7. The van der Waals surface area contributed by atoms with Crippen molar-refractivity contribution in [1.82, 2.24) is 14.8 Å². The average Bonchev–Trinajstić information content (AvgIpc) is 2.82. The summed E-state index contributed by atoms with van der Waals surface area (Å²) in [5, 5.41) is 4.20. The minimum Gasteiger partial charge on any atom is -0.492 e. The van der Waals surface area contributed by atoms with E-state index in [9.17, 15) is 4.79 Å². The number of piperazine rings is 1. The van der Waals surface area contributed by atoms with Crippen LogP contribution in [-0.4, -0.2) is 60.0 Å². The molecule has 2 aliphatic heterocycles. The number of aromatic nitrogens is 1. The highest BCUT2D eigenvalue weighted by molar-refractivity contribution is 5.95. The number of para-hydroxylation sites is 1. The summed E-state index contributed by atoms with van der Waals surface area (Å²) in [6.45, 7) is 8.67. The Labute approximate surface area is 189 Å². The first-order valence-electron chi connectivity index (χ1n) is 11.5. The van der Waals surface area contributed by atoms with Crippen LogP contribution in [0.3, 0.4) is 0 Å². The van der Waals surface area contributed by atoms with Gasteiger partial charge >= 0.3 is 0 Å². The van der Waals surface area contributed by atoms with Crippen molar-refractivity contribution in [2.75, 3.05) is 44.6 Å². The van der Waals surface area contributed by atoms with E-state index >= 15 is 0 Å². The first-order chi connectivity index (χ1) is 15.7. The zero-order chi connectivity index (χ0) is 21.9. The molecule has 3 aromatic rings. The lowest BCUT2D eigenvalue weighted by molar-refractivity contribution is -0.116. The third-order valence-electron chi connectivity index (χ3n) is 6.52. The Morgan fingerprint density at radius 3 is 2.66 bits per heavy atom. The Hall–Kier alpha value is -2.96. The largest absolute Gasteiger partial charge is 0.492 e. The molecule has 166 valence electrons. The van der Waals surface area contributed by atoms with E-state index in [2.05, 4.69) is 45.4 Å². The van der Waals surface area contributed by atoms with Crippen molar-refractivity contribution in [3.05, 3.63) is 65.4 Å². The van der Waals surface area contributed by atoms with Gasteiger partial charge in [0.05, 0.1) is 16.9 Å². The first-order valence-corrected chi connectivity index (χ1v) is 11.5. The molecule has 0 radical (unpaired) electrons. The highest BCUT2D eigenvalue weighted by Gasteiger charge is 2.21. The second-order valence-electron chi connectivity index (χ2n) is 8.74. The van der Waals surface area contributed by atoms with E-state index < -0.39 is 0 Å². The van der Waals surface area contributed by atoms with Crippen LogP contribution in [0.2, 0.25) is 0 Å². The molecule has 32 heavy (non-hydrogen) atoms. The van der Waals surface area contributed by atoms with Crippen LogP contribution < -0.4 is 10.1 Å². The van der Waals surface area contributed by atoms with E-state index in [4.69, 9.17) is 9.72 Å². The molecule has 1 amide bonds. The number of hydrogen-bond donors (Lipinski definition) is 1. The summed E-state index contributed by atoms with van der Waals surface area (Å²) in [6.07, 6.45) is 1.28. The summed E-state index contributed by atoms with van der Waals surface area (Å²) in [5.74, 6) is 1.00. The number of amides is 1. The Morgan fingerprint density at radius 1 is 0.969 bits per heavy atom. The number of ether oxygens (including phenoxy) is 1. The number of pyridine rings is 1. The van der Waals surface area contributed by atoms with Crippen LogP contribution in [0.25, 0.3) is 10.9 Å². The molecule has 1 fully saturated rings. The Kier molecular flexibility index (Phi) is 6.06. The van der Waals surface area contributed by atoms with Crippen LogP contribution in [0.15, 0.2) is 48.5 Å². The molecule has 0 saturated carbocycles. The average molecular weight is 431 g/mol. The van der Waals surface area contributed by atoms with Crippen molar-refractivity contribution in [3.63, 3.8) is 0 Å². The normalized spacial score (nSPS) is 17.2. The second-order valence-corrected chi connectivity index (χ2v) is 8.74. The van der Waals surface area contributed by atoms with Crippen LogP contribution in [0, 0.1) is 6.92 Å². The van der Waals surface area contributed by atoms with E-state index in [0.717, 1.165) is 79.5 Å². The van der Waals surface area contributed by atoms with E-state index in [1.807, 2.05) is 25.1 Å². The van der Waals surface area contributed by atoms with Crippen molar-refractivity contribution in [1.29, 1.82) is 0 Å². The fourth-order valence-electron chi connectivity index (χ4n) is 4.62. The minimum atomic E-state index is 0.0921. The van der Waals surface area contributed by atoms with Gasteiger partial charge in [-0.3, -0.25) is 19.6 Å². The molecule has 0 aliphatic carbocycles. The van der Waals surface area contributed by atoms with E-state index in [1.54, 1.807) is 0 Å². The van der Waals surface area contributed by atoms with Gasteiger partial charge in [0.2, 0.25) is 5.91 Å². The van der Waals surface area contributed by atoms with Gasteiger partial charge in [-0.05, 0) is 37.1 Å². The van der Waals surface area contributed by atoms with E-state index in [-0.39, 0.29) is 5.91 Å². The molecule has 2 aromatic carbocycles. The predicted molar refractivity (Wildman–Crippen MR) is 127 cm³/mol. The van der Waals surface area contributed by atoms with Gasteiger partial charge in [-0.25, -0.2) is 0 Å². The topological polar surface area (TPSA) is 57.7 Å². The fraction of sp³-hybridized carbons (Fsp3) is 0.385. The maximum Gasteiger partial charge on any atom is 0.224 e. The number of carbonyl (C=O) groups is 1. The number of benzene rings is 2. The monoisotopic (exact) mass is 430 g/mol. The van der Waals surface area contributed by atoms with Gasteiger partial charge in [0.1, 0.15) is 12.4 Å². The van der Waals surface area contributed by atoms with Crippen LogP contribution >= 0.6 is 0 Å². The molecular weight excluding hydrogens is 400 g/mol. The zero-order valence-corrected chi connectivity index (χ0v) is 18.6. The van der Waals surface area contributed by atoms with Crippen molar-refractivity contribution >= 4 is 22.5 Å². The summed E-state index contributed by atoms with van der Waals surface area (Å²) >= 11 is 0. The van der Waals surface area contributed by atoms with Gasteiger partial charge in [0.15, 0.2) is 0 Å². The van der Waals surface area contributed by atoms with Crippen molar-refractivity contribution in [2.45, 2.75) is 26.3 Å². The number of aryl methyl sites for hydroxylation is 1. The molecule has 0 atom stereocenters. The SMILES string of the molecule is Cc1ccc(OCCN2CCN(Cc3ccc4ccccc4n3)CC2)c2c1NC(=O)CC2. The molecule has 1 saturated heterocycles. The van der Waals surface area contributed by atoms with Crippen LogP contribution in [0.4, 0.5) is 5.69 Å². The van der Waals surface area contributed by atoms with Gasteiger partial charge in [-0.1, -0.05) is 30.3 Å². The lowest BCUT2D eigenvalue weighted by atomic mass is 9.98. The van der Waals surface area contributed by atoms with Crippen LogP contribution in [0.5, 0.6) is 5.75 Å². The third-order valence-corrected chi connectivity index (χ3v) is 6.52. The van der Waals surface area contributed by atoms with Gasteiger partial charge in [0, 0.05) is 56.6 Å². The molecule has 1 aromatic heterocycles. The molecule has 0 bridgehead atoms. The Bertz CT molecular complexity index is 1120. The number of anilines is 1. The third kappa shape index (κ3) is 4.61. The second kappa shape index (κ2) is 9.27. The quantitative estimate of drug-likeness (QED) is 0.647. The van der Waals surface area contributed by atoms with Gasteiger partial charge < -0.3 is 10.1 Å². The standard InChI is InChI=1S/C26H30N4O2/c1-19-6-10-24(22-9-11-25(31)28-26(19)22)32-17-16-29-12-14-30(15-13-29)18-21-8-7-20-4-2-3-5-23(20)27-21/h2-8,10H,9,11-18H2,1H3,(H,28,31).